The van der Waals surface area contributed by atoms with Crippen LogP contribution < -0.4 is 10.6 Å². The summed E-state index contributed by atoms with van der Waals surface area (Å²) >= 11 is 0. The molecule has 104 valence electrons. The van der Waals surface area contributed by atoms with E-state index in [-0.39, 0.29) is 5.91 Å². The highest BCUT2D eigenvalue weighted by molar-refractivity contribution is 5.89. The topological polar surface area (TPSA) is 76.7 Å². The summed E-state index contributed by atoms with van der Waals surface area (Å²) in [6, 6.07) is 0. The van der Waals surface area contributed by atoms with Gasteiger partial charge in [0.2, 0.25) is 5.91 Å². The molecule has 0 aromatic carbocycles. The number of likely N-dealkylation sites (N-methyl/N-ethyl adjacent to an activating group) is 1. The van der Waals surface area contributed by atoms with E-state index in [9.17, 15) is 9.59 Å². The maximum absolute atomic E-state index is 12.0. The number of carbonyl (C=O) groups excluding carboxylic acids is 2. The van der Waals surface area contributed by atoms with Crippen LogP contribution in [0.15, 0.2) is 0 Å². The van der Waals surface area contributed by atoms with Gasteiger partial charge in [0.1, 0.15) is 11.1 Å². The molecule has 0 atom stereocenters. The van der Waals surface area contributed by atoms with Gasteiger partial charge in [-0.05, 0) is 20.8 Å². The van der Waals surface area contributed by atoms with E-state index in [4.69, 9.17) is 9.47 Å². The minimum Gasteiger partial charge on any atom is -0.444 e. The van der Waals surface area contributed by atoms with Crippen molar-refractivity contribution in [1.82, 2.24) is 10.6 Å². The normalized spacial score (nSPS) is 18.9. The Balaban J connectivity index is 2.73. The van der Waals surface area contributed by atoms with Crippen molar-refractivity contribution in [2.24, 2.45) is 0 Å². The van der Waals surface area contributed by atoms with E-state index >= 15 is 0 Å². The average molecular weight is 258 g/mol. The number of ether oxygens (including phenoxy) is 2. The summed E-state index contributed by atoms with van der Waals surface area (Å²) in [7, 11) is 1.55. The SMILES string of the molecule is CNC(=O)C1(NC(=O)OC(C)(C)C)CCOCC1. The molecule has 2 N–H and O–H groups in total. The van der Waals surface area contributed by atoms with Gasteiger partial charge in [-0.1, -0.05) is 0 Å². The summed E-state index contributed by atoms with van der Waals surface area (Å²) in [6.07, 6.45) is 0.325. The minimum absolute atomic E-state index is 0.211. The molecule has 0 radical (unpaired) electrons. The summed E-state index contributed by atoms with van der Waals surface area (Å²) in [5, 5.41) is 5.27. The van der Waals surface area contributed by atoms with Crippen LogP contribution in [0.25, 0.3) is 0 Å². The highest BCUT2D eigenvalue weighted by Crippen LogP contribution is 2.22. The van der Waals surface area contributed by atoms with Gasteiger partial charge in [-0.2, -0.15) is 0 Å². The third-order valence-corrected chi connectivity index (χ3v) is 2.75. The van der Waals surface area contributed by atoms with Crippen LogP contribution in [0, 0.1) is 0 Å². The molecule has 18 heavy (non-hydrogen) atoms. The predicted octanol–water partition coefficient (Wildman–Crippen LogP) is 0.806. The molecule has 0 unspecified atom stereocenters. The second-order valence-electron chi connectivity index (χ2n) is 5.40. The second-order valence-corrected chi connectivity index (χ2v) is 5.40. The fourth-order valence-electron chi connectivity index (χ4n) is 1.87. The number of hydrogen-bond acceptors (Lipinski definition) is 4. The quantitative estimate of drug-likeness (QED) is 0.768. The summed E-state index contributed by atoms with van der Waals surface area (Å²) in [5.41, 5.74) is -1.51. The lowest BCUT2D eigenvalue weighted by Crippen LogP contribution is -2.61. The van der Waals surface area contributed by atoms with Crippen molar-refractivity contribution >= 4 is 12.0 Å². The van der Waals surface area contributed by atoms with Crippen LogP contribution in [0.3, 0.4) is 0 Å². The Morgan fingerprint density at radius 2 is 1.78 bits per heavy atom. The number of amides is 2. The molecule has 0 bridgehead atoms. The largest absolute Gasteiger partial charge is 0.444 e. The van der Waals surface area contributed by atoms with E-state index in [1.165, 1.54) is 0 Å². The number of carbonyl (C=O) groups is 2. The smallest absolute Gasteiger partial charge is 0.408 e. The molecule has 2 amide bonds. The zero-order valence-corrected chi connectivity index (χ0v) is 11.5. The maximum Gasteiger partial charge on any atom is 0.408 e. The van der Waals surface area contributed by atoms with Crippen LogP contribution in [-0.2, 0) is 14.3 Å². The van der Waals surface area contributed by atoms with Crippen LogP contribution in [0.5, 0.6) is 0 Å². The Morgan fingerprint density at radius 3 is 2.22 bits per heavy atom. The van der Waals surface area contributed by atoms with Gasteiger partial charge >= 0.3 is 6.09 Å². The Hall–Kier alpha value is -1.30. The zero-order valence-electron chi connectivity index (χ0n) is 11.5. The minimum atomic E-state index is -0.921. The fraction of sp³-hybridized carbons (Fsp3) is 0.833. The van der Waals surface area contributed by atoms with Gasteiger partial charge in [-0.3, -0.25) is 4.79 Å². The molecular weight excluding hydrogens is 236 g/mol. The van der Waals surface area contributed by atoms with Crippen LogP contribution in [0.1, 0.15) is 33.6 Å². The molecule has 1 heterocycles. The second kappa shape index (κ2) is 5.56. The standard InChI is InChI=1S/C12H22N2O4/c1-11(2,3)18-10(16)14-12(9(15)13-4)5-7-17-8-6-12/h5-8H2,1-4H3,(H,13,15)(H,14,16). The zero-order chi connectivity index (χ0) is 13.8. The molecule has 1 rings (SSSR count). The number of rotatable bonds is 2. The van der Waals surface area contributed by atoms with Gasteiger partial charge in [0.05, 0.1) is 0 Å². The molecule has 0 spiro atoms. The summed E-state index contributed by atoms with van der Waals surface area (Å²) in [5.74, 6) is -0.211. The van der Waals surface area contributed by atoms with E-state index < -0.39 is 17.2 Å². The van der Waals surface area contributed by atoms with Crippen molar-refractivity contribution in [3.8, 4) is 0 Å². The third kappa shape index (κ3) is 3.87. The van der Waals surface area contributed by atoms with Gasteiger partial charge in [-0.25, -0.2) is 4.79 Å². The number of alkyl carbamates (subject to hydrolysis) is 1. The average Bonchev–Trinajstić information content (AvgIpc) is 2.26. The molecule has 0 saturated carbocycles. The van der Waals surface area contributed by atoms with Crippen LogP contribution in [0.4, 0.5) is 4.79 Å². The molecule has 1 aliphatic heterocycles. The lowest BCUT2D eigenvalue weighted by molar-refractivity contribution is -0.131. The summed E-state index contributed by atoms with van der Waals surface area (Å²) in [4.78, 5) is 23.8. The Kier molecular flexibility index (Phi) is 4.56. The first-order chi connectivity index (χ1) is 8.29. The van der Waals surface area contributed by atoms with Crippen molar-refractivity contribution < 1.29 is 19.1 Å². The van der Waals surface area contributed by atoms with Crippen molar-refractivity contribution in [2.45, 2.75) is 44.8 Å². The van der Waals surface area contributed by atoms with Crippen molar-refractivity contribution in [3.05, 3.63) is 0 Å². The predicted molar refractivity (Wildman–Crippen MR) is 66.2 cm³/mol. The number of nitrogens with one attached hydrogen (secondary N) is 2. The molecule has 0 aromatic heterocycles. The monoisotopic (exact) mass is 258 g/mol. The first kappa shape index (κ1) is 14.8. The summed E-state index contributed by atoms with van der Waals surface area (Å²) < 4.78 is 10.4. The van der Waals surface area contributed by atoms with Gasteiger partial charge in [0.25, 0.3) is 0 Å². The van der Waals surface area contributed by atoms with Crippen LogP contribution in [-0.4, -0.2) is 43.4 Å². The molecular formula is C12H22N2O4. The van der Waals surface area contributed by atoms with Gasteiger partial charge in [-0.15, -0.1) is 0 Å². The van der Waals surface area contributed by atoms with Gasteiger partial charge < -0.3 is 20.1 Å². The van der Waals surface area contributed by atoms with E-state index in [2.05, 4.69) is 10.6 Å². The first-order valence-corrected chi connectivity index (χ1v) is 6.10. The molecule has 0 aromatic rings. The Morgan fingerprint density at radius 1 is 1.22 bits per heavy atom. The molecule has 1 fully saturated rings. The molecule has 0 aliphatic carbocycles. The van der Waals surface area contributed by atoms with E-state index in [1.54, 1.807) is 27.8 Å². The van der Waals surface area contributed by atoms with Crippen molar-refractivity contribution in [3.63, 3.8) is 0 Å². The Bertz CT molecular complexity index is 317. The van der Waals surface area contributed by atoms with Crippen LogP contribution >= 0.6 is 0 Å². The Labute approximate surface area is 107 Å². The maximum atomic E-state index is 12.0. The molecule has 1 saturated heterocycles. The van der Waals surface area contributed by atoms with Crippen molar-refractivity contribution in [1.29, 1.82) is 0 Å². The highest BCUT2D eigenvalue weighted by Gasteiger charge is 2.41. The highest BCUT2D eigenvalue weighted by atomic mass is 16.6. The lowest BCUT2D eigenvalue weighted by Gasteiger charge is -2.36. The van der Waals surface area contributed by atoms with Gasteiger partial charge in [0, 0.05) is 33.1 Å². The fourth-order valence-corrected chi connectivity index (χ4v) is 1.87. The van der Waals surface area contributed by atoms with E-state index in [0.717, 1.165) is 0 Å². The number of hydrogen-bond donors (Lipinski definition) is 2. The van der Waals surface area contributed by atoms with E-state index in [0.29, 0.717) is 26.1 Å². The first-order valence-electron chi connectivity index (χ1n) is 6.10. The molecule has 6 nitrogen and oxygen atoms in total. The summed E-state index contributed by atoms with van der Waals surface area (Å²) in [6.45, 7) is 6.24. The molecule has 6 heteroatoms. The van der Waals surface area contributed by atoms with Gasteiger partial charge in [0.15, 0.2) is 0 Å². The van der Waals surface area contributed by atoms with E-state index in [1.807, 2.05) is 0 Å². The molecule has 1 aliphatic rings. The third-order valence-electron chi connectivity index (χ3n) is 2.75. The van der Waals surface area contributed by atoms with Crippen molar-refractivity contribution in [2.75, 3.05) is 20.3 Å². The lowest BCUT2D eigenvalue weighted by atomic mass is 9.89. The van der Waals surface area contributed by atoms with Crippen LogP contribution in [0.2, 0.25) is 0 Å².